The lowest BCUT2D eigenvalue weighted by Gasteiger charge is -2.10. The van der Waals surface area contributed by atoms with Gasteiger partial charge < -0.3 is 19.9 Å². The number of hydrogen-bond acceptors (Lipinski definition) is 6. The highest BCUT2D eigenvalue weighted by atomic mass is 16.5. The highest BCUT2D eigenvalue weighted by molar-refractivity contribution is 5.75. The topological polar surface area (TPSA) is 89.3 Å². The third-order valence-corrected chi connectivity index (χ3v) is 4.32. The number of carbonyl (C=O) groups is 1. The molecule has 0 radical (unpaired) electrons. The molecular formula is C18H24N4O3. The van der Waals surface area contributed by atoms with Gasteiger partial charge in [-0.15, -0.1) is 0 Å². The Bertz CT molecular complexity index is 678. The molecule has 1 aliphatic heterocycles. The van der Waals surface area contributed by atoms with Crippen LogP contribution in [0.3, 0.4) is 0 Å². The van der Waals surface area contributed by atoms with Crippen molar-refractivity contribution >= 4 is 5.91 Å². The molecular weight excluding hydrogens is 320 g/mol. The van der Waals surface area contributed by atoms with Gasteiger partial charge >= 0.3 is 0 Å². The van der Waals surface area contributed by atoms with E-state index in [0.717, 1.165) is 24.3 Å². The van der Waals surface area contributed by atoms with Gasteiger partial charge in [0.2, 0.25) is 17.6 Å². The normalized spacial score (nSPS) is 16.8. The van der Waals surface area contributed by atoms with Crippen LogP contribution >= 0.6 is 0 Å². The van der Waals surface area contributed by atoms with E-state index in [2.05, 4.69) is 20.8 Å². The number of rotatable bonds is 8. The Kier molecular flexibility index (Phi) is 6.00. The second-order valence-corrected chi connectivity index (χ2v) is 6.19. The molecule has 1 aromatic carbocycles. The first-order chi connectivity index (χ1) is 12.2. The standard InChI is InChI=1S/C18H24N4O3/c1-24-15-9-7-13(8-10-15)18-21-17(25-22-18)6-2-5-16(23)20-12-14-4-3-11-19-14/h7-10,14,19H,2-6,11-12H2,1H3,(H,20,23). The Balaban J connectivity index is 1.41. The van der Waals surface area contributed by atoms with Crippen LogP contribution in [-0.2, 0) is 11.2 Å². The summed E-state index contributed by atoms with van der Waals surface area (Å²) >= 11 is 0. The van der Waals surface area contributed by atoms with Crippen LogP contribution in [0.1, 0.15) is 31.6 Å². The van der Waals surface area contributed by atoms with Crippen LogP contribution in [0.5, 0.6) is 5.75 Å². The molecule has 1 unspecified atom stereocenters. The van der Waals surface area contributed by atoms with Gasteiger partial charge in [-0.05, 0) is 50.1 Å². The third-order valence-electron chi connectivity index (χ3n) is 4.32. The molecule has 0 saturated carbocycles. The number of hydrogen-bond donors (Lipinski definition) is 2. The molecule has 2 heterocycles. The fourth-order valence-electron chi connectivity index (χ4n) is 2.87. The van der Waals surface area contributed by atoms with E-state index in [1.807, 2.05) is 24.3 Å². The zero-order chi connectivity index (χ0) is 17.5. The number of benzene rings is 1. The van der Waals surface area contributed by atoms with Crippen LogP contribution in [0, 0.1) is 0 Å². The first-order valence-electron chi connectivity index (χ1n) is 8.71. The van der Waals surface area contributed by atoms with Gasteiger partial charge in [-0.2, -0.15) is 4.98 Å². The first kappa shape index (κ1) is 17.4. The Morgan fingerprint density at radius 3 is 2.96 bits per heavy atom. The molecule has 134 valence electrons. The van der Waals surface area contributed by atoms with Gasteiger partial charge in [0.05, 0.1) is 7.11 Å². The predicted molar refractivity (Wildman–Crippen MR) is 93.3 cm³/mol. The van der Waals surface area contributed by atoms with Crippen molar-refractivity contribution in [2.75, 3.05) is 20.2 Å². The average molecular weight is 344 g/mol. The quantitative estimate of drug-likeness (QED) is 0.761. The minimum atomic E-state index is 0.0728. The van der Waals surface area contributed by atoms with Crippen LogP contribution in [0.25, 0.3) is 11.4 Å². The summed E-state index contributed by atoms with van der Waals surface area (Å²) in [6.45, 7) is 1.76. The Labute approximate surface area is 147 Å². The number of aryl methyl sites for hydroxylation is 1. The third kappa shape index (κ3) is 5.03. The number of methoxy groups -OCH3 is 1. The van der Waals surface area contributed by atoms with Gasteiger partial charge in [-0.25, -0.2) is 0 Å². The van der Waals surface area contributed by atoms with E-state index in [4.69, 9.17) is 9.26 Å². The molecule has 1 amide bonds. The molecule has 1 aromatic heterocycles. The molecule has 1 saturated heterocycles. The summed E-state index contributed by atoms with van der Waals surface area (Å²) in [4.78, 5) is 16.2. The zero-order valence-electron chi connectivity index (χ0n) is 14.5. The molecule has 7 nitrogen and oxygen atoms in total. The van der Waals surface area contributed by atoms with E-state index in [9.17, 15) is 4.79 Å². The van der Waals surface area contributed by atoms with Crippen molar-refractivity contribution < 1.29 is 14.1 Å². The van der Waals surface area contributed by atoms with E-state index in [-0.39, 0.29) is 5.91 Å². The molecule has 3 rings (SSSR count). The fraction of sp³-hybridized carbons (Fsp3) is 0.500. The average Bonchev–Trinajstić information content (AvgIpc) is 3.32. The molecule has 1 atom stereocenters. The minimum Gasteiger partial charge on any atom is -0.497 e. The molecule has 1 fully saturated rings. The maximum Gasteiger partial charge on any atom is 0.226 e. The van der Waals surface area contributed by atoms with E-state index < -0.39 is 0 Å². The molecule has 0 bridgehead atoms. The first-order valence-corrected chi connectivity index (χ1v) is 8.71. The maximum atomic E-state index is 11.9. The lowest BCUT2D eigenvalue weighted by Crippen LogP contribution is -2.37. The van der Waals surface area contributed by atoms with Crippen molar-refractivity contribution in [3.05, 3.63) is 30.2 Å². The SMILES string of the molecule is COc1ccc(-c2noc(CCCC(=O)NCC3CCCN3)n2)cc1. The van der Waals surface area contributed by atoms with Crippen molar-refractivity contribution in [3.63, 3.8) is 0 Å². The van der Waals surface area contributed by atoms with Crippen molar-refractivity contribution in [1.82, 2.24) is 20.8 Å². The van der Waals surface area contributed by atoms with Crippen LogP contribution in [0.15, 0.2) is 28.8 Å². The van der Waals surface area contributed by atoms with Crippen LogP contribution in [0.2, 0.25) is 0 Å². The number of amides is 1. The smallest absolute Gasteiger partial charge is 0.226 e. The number of carbonyl (C=O) groups excluding carboxylic acids is 1. The van der Waals surface area contributed by atoms with Gasteiger partial charge in [0.25, 0.3) is 0 Å². The van der Waals surface area contributed by atoms with Gasteiger partial charge in [-0.3, -0.25) is 4.79 Å². The van der Waals surface area contributed by atoms with E-state index in [1.54, 1.807) is 7.11 Å². The molecule has 0 spiro atoms. The lowest BCUT2D eigenvalue weighted by atomic mass is 10.2. The van der Waals surface area contributed by atoms with Crippen molar-refractivity contribution in [2.24, 2.45) is 0 Å². The Morgan fingerprint density at radius 2 is 2.24 bits per heavy atom. The summed E-state index contributed by atoms with van der Waals surface area (Å²) in [5, 5.41) is 10.3. The van der Waals surface area contributed by atoms with Crippen LogP contribution in [0.4, 0.5) is 0 Å². The molecule has 2 aromatic rings. The molecule has 7 heteroatoms. The number of aromatic nitrogens is 2. The number of nitrogens with one attached hydrogen (secondary N) is 2. The zero-order valence-corrected chi connectivity index (χ0v) is 14.5. The van der Waals surface area contributed by atoms with E-state index in [1.165, 1.54) is 6.42 Å². The van der Waals surface area contributed by atoms with E-state index >= 15 is 0 Å². The predicted octanol–water partition coefficient (Wildman–Crippen LogP) is 1.94. The molecule has 1 aliphatic rings. The van der Waals surface area contributed by atoms with Gasteiger partial charge in [0.15, 0.2) is 0 Å². The lowest BCUT2D eigenvalue weighted by molar-refractivity contribution is -0.121. The van der Waals surface area contributed by atoms with Crippen molar-refractivity contribution in [3.8, 4) is 17.1 Å². The summed E-state index contributed by atoms with van der Waals surface area (Å²) < 4.78 is 10.4. The maximum absolute atomic E-state index is 11.9. The largest absolute Gasteiger partial charge is 0.497 e. The second-order valence-electron chi connectivity index (χ2n) is 6.19. The van der Waals surface area contributed by atoms with Crippen LogP contribution < -0.4 is 15.4 Å². The number of ether oxygens (including phenoxy) is 1. The monoisotopic (exact) mass is 344 g/mol. The van der Waals surface area contributed by atoms with Gasteiger partial charge in [0.1, 0.15) is 5.75 Å². The van der Waals surface area contributed by atoms with Crippen molar-refractivity contribution in [2.45, 2.75) is 38.1 Å². The van der Waals surface area contributed by atoms with Gasteiger partial charge in [0, 0.05) is 31.0 Å². The fourth-order valence-corrected chi connectivity index (χ4v) is 2.87. The Hall–Kier alpha value is -2.41. The molecule has 0 aliphatic carbocycles. The summed E-state index contributed by atoms with van der Waals surface area (Å²) in [5.41, 5.74) is 0.873. The van der Waals surface area contributed by atoms with Crippen LogP contribution in [-0.4, -0.2) is 42.3 Å². The second kappa shape index (κ2) is 8.62. The number of nitrogens with zero attached hydrogens (tertiary/aromatic N) is 2. The molecule has 25 heavy (non-hydrogen) atoms. The Morgan fingerprint density at radius 1 is 1.40 bits per heavy atom. The highest BCUT2D eigenvalue weighted by Crippen LogP contribution is 2.20. The summed E-state index contributed by atoms with van der Waals surface area (Å²) in [6, 6.07) is 7.91. The molecule has 2 N–H and O–H groups in total. The summed E-state index contributed by atoms with van der Waals surface area (Å²) in [7, 11) is 1.63. The summed E-state index contributed by atoms with van der Waals surface area (Å²) in [5.74, 6) is 1.96. The minimum absolute atomic E-state index is 0.0728. The van der Waals surface area contributed by atoms with E-state index in [0.29, 0.717) is 43.6 Å². The summed E-state index contributed by atoms with van der Waals surface area (Å²) in [6.07, 6.45) is 4.07. The highest BCUT2D eigenvalue weighted by Gasteiger charge is 2.15. The van der Waals surface area contributed by atoms with Gasteiger partial charge in [-0.1, -0.05) is 5.16 Å². The van der Waals surface area contributed by atoms with Crippen molar-refractivity contribution in [1.29, 1.82) is 0 Å².